The number of anilines is 1. The minimum Gasteiger partial charge on any atom is -0.474 e. The van der Waals surface area contributed by atoms with Crippen LogP contribution in [0.5, 0.6) is 5.75 Å². The third kappa shape index (κ3) is 3.43. The maximum Gasteiger partial charge on any atom is 0.272 e. The number of Topliss-reactive ketones (excluding diaryl/α,β-unsaturated/α-hetero) is 1. The molecule has 2 aromatic carbocycles. The highest BCUT2D eigenvalue weighted by Crippen LogP contribution is 2.39. The Balaban J connectivity index is 2.00. The monoisotopic (exact) mass is 337 g/mol. The van der Waals surface area contributed by atoms with Gasteiger partial charge in [0.1, 0.15) is 5.75 Å². The summed E-state index contributed by atoms with van der Waals surface area (Å²) >= 11 is 0. The fourth-order valence-electron chi connectivity index (χ4n) is 3.10. The van der Waals surface area contributed by atoms with Crippen molar-refractivity contribution in [1.82, 2.24) is 0 Å². The number of rotatable bonds is 6. The standard InChI is InChI=1S/C21H23NO3/c1-3-8-18(23)16-11-12-19-17(14-16)22(13-4-2)21(24)20(25-19)15-9-6-5-7-10-15/h5-7,9-12,14,20H,3-4,8,13H2,1-2H3. The Hall–Kier alpha value is -2.62. The summed E-state index contributed by atoms with van der Waals surface area (Å²) in [7, 11) is 0. The summed E-state index contributed by atoms with van der Waals surface area (Å²) in [4.78, 5) is 27.0. The molecule has 2 aromatic rings. The second-order valence-electron chi connectivity index (χ2n) is 6.25. The van der Waals surface area contributed by atoms with Crippen LogP contribution in [-0.2, 0) is 4.79 Å². The minimum absolute atomic E-state index is 0.0827. The van der Waals surface area contributed by atoms with E-state index in [1.165, 1.54) is 0 Å². The topological polar surface area (TPSA) is 46.6 Å². The van der Waals surface area contributed by atoms with Crippen LogP contribution in [0.3, 0.4) is 0 Å². The molecule has 1 heterocycles. The van der Waals surface area contributed by atoms with Gasteiger partial charge >= 0.3 is 0 Å². The molecule has 4 heteroatoms. The smallest absolute Gasteiger partial charge is 0.272 e. The molecule has 25 heavy (non-hydrogen) atoms. The highest BCUT2D eigenvalue weighted by molar-refractivity contribution is 6.03. The van der Waals surface area contributed by atoms with E-state index < -0.39 is 6.10 Å². The van der Waals surface area contributed by atoms with E-state index >= 15 is 0 Å². The van der Waals surface area contributed by atoms with Gasteiger partial charge in [-0.25, -0.2) is 0 Å². The van der Waals surface area contributed by atoms with E-state index in [0.29, 0.717) is 30.0 Å². The van der Waals surface area contributed by atoms with Crippen LogP contribution < -0.4 is 9.64 Å². The Kier molecular flexibility index (Phi) is 5.17. The minimum atomic E-state index is -0.641. The average Bonchev–Trinajstić information content (AvgIpc) is 2.64. The summed E-state index contributed by atoms with van der Waals surface area (Å²) in [6.07, 6.45) is 1.51. The lowest BCUT2D eigenvalue weighted by molar-refractivity contribution is -0.126. The lowest BCUT2D eigenvalue weighted by Gasteiger charge is -2.34. The normalized spacial score (nSPS) is 16.3. The van der Waals surface area contributed by atoms with Crippen molar-refractivity contribution in [2.75, 3.05) is 11.4 Å². The number of benzene rings is 2. The molecule has 3 rings (SSSR count). The summed E-state index contributed by atoms with van der Waals surface area (Å²) in [5.41, 5.74) is 2.17. The number of hydrogen-bond acceptors (Lipinski definition) is 3. The van der Waals surface area contributed by atoms with Crippen LogP contribution in [0.15, 0.2) is 48.5 Å². The predicted octanol–water partition coefficient (Wildman–Crippen LogP) is 4.55. The van der Waals surface area contributed by atoms with Crippen molar-refractivity contribution in [3.63, 3.8) is 0 Å². The maximum atomic E-state index is 13.0. The number of fused-ring (bicyclic) bond motifs is 1. The lowest BCUT2D eigenvalue weighted by atomic mass is 10.0. The van der Waals surface area contributed by atoms with Crippen molar-refractivity contribution in [2.45, 2.75) is 39.2 Å². The molecule has 1 aliphatic heterocycles. The van der Waals surface area contributed by atoms with Gasteiger partial charge in [0.15, 0.2) is 5.78 Å². The Morgan fingerprint density at radius 2 is 1.84 bits per heavy atom. The van der Waals surface area contributed by atoms with Crippen LogP contribution in [-0.4, -0.2) is 18.2 Å². The van der Waals surface area contributed by atoms with Crippen LogP contribution in [0, 0.1) is 0 Å². The summed E-state index contributed by atoms with van der Waals surface area (Å²) in [6, 6.07) is 14.9. The zero-order valence-corrected chi connectivity index (χ0v) is 14.7. The number of carbonyl (C=O) groups excluding carboxylic acids is 2. The fraction of sp³-hybridized carbons (Fsp3) is 0.333. The van der Waals surface area contributed by atoms with Crippen LogP contribution in [0.2, 0.25) is 0 Å². The molecule has 0 radical (unpaired) electrons. The van der Waals surface area contributed by atoms with Gasteiger partial charge in [0.2, 0.25) is 6.10 Å². The molecule has 4 nitrogen and oxygen atoms in total. The first-order valence-electron chi connectivity index (χ1n) is 8.86. The zero-order chi connectivity index (χ0) is 17.8. The third-order valence-electron chi connectivity index (χ3n) is 4.33. The molecule has 0 N–H and O–H groups in total. The fourth-order valence-corrected chi connectivity index (χ4v) is 3.10. The SMILES string of the molecule is CCCC(=O)c1ccc2c(c1)N(CCC)C(=O)C(c1ccccc1)O2. The van der Waals surface area contributed by atoms with Crippen LogP contribution >= 0.6 is 0 Å². The largest absolute Gasteiger partial charge is 0.474 e. The molecule has 0 saturated heterocycles. The predicted molar refractivity (Wildman–Crippen MR) is 98.1 cm³/mol. The highest BCUT2D eigenvalue weighted by Gasteiger charge is 2.35. The molecule has 0 fully saturated rings. The van der Waals surface area contributed by atoms with Gasteiger partial charge in [-0.3, -0.25) is 9.59 Å². The van der Waals surface area contributed by atoms with Crippen LogP contribution in [0.1, 0.15) is 55.1 Å². The van der Waals surface area contributed by atoms with Crippen molar-refractivity contribution < 1.29 is 14.3 Å². The van der Waals surface area contributed by atoms with Gasteiger partial charge in [-0.2, -0.15) is 0 Å². The highest BCUT2D eigenvalue weighted by atomic mass is 16.5. The molecule has 1 amide bonds. The quantitative estimate of drug-likeness (QED) is 0.727. The van der Waals surface area contributed by atoms with E-state index in [1.54, 1.807) is 17.0 Å². The van der Waals surface area contributed by atoms with E-state index in [9.17, 15) is 9.59 Å². The number of ketones is 1. The van der Waals surface area contributed by atoms with Crippen molar-refractivity contribution in [3.05, 3.63) is 59.7 Å². The number of ether oxygens (including phenoxy) is 1. The first-order valence-corrected chi connectivity index (χ1v) is 8.86. The van der Waals surface area contributed by atoms with E-state index in [0.717, 1.165) is 18.4 Å². The zero-order valence-electron chi connectivity index (χ0n) is 14.7. The first-order chi connectivity index (χ1) is 12.2. The van der Waals surface area contributed by atoms with Gasteiger partial charge in [0.05, 0.1) is 5.69 Å². The first kappa shape index (κ1) is 17.2. The van der Waals surface area contributed by atoms with Gasteiger partial charge < -0.3 is 9.64 Å². The second kappa shape index (κ2) is 7.51. The van der Waals surface area contributed by atoms with E-state index in [-0.39, 0.29) is 11.7 Å². The summed E-state index contributed by atoms with van der Waals surface area (Å²) in [5, 5.41) is 0. The molecule has 0 aromatic heterocycles. The number of amides is 1. The Morgan fingerprint density at radius 1 is 1.08 bits per heavy atom. The van der Waals surface area contributed by atoms with Crippen molar-refractivity contribution in [2.24, 2.45) is 0 Å². The Morgan fingerprint density at radius 3 is 2.52 bits per heavy atom. The van der Waals surface area contributed by atoms with E-state index in [1.807, 2.05) is 50.2 Å². The van der Waals surface area contributed by atoms with E-state index in [4.69, 9.17) is 4.74 Å². The van der Waals surface area contributed by atoms with Gasteiger partial charge in [0, 0.05) is 24.1 Å². The average molecular weight is 337 g/mol. The molecule has 0 aliphatic carbocycles. The number of carbonyl (C=O) groups is 2. The number of nitrogens with zero attached hydrogens (tertiary/aromatic N) is 1. The van der Waals surface area contributed by atoms with Crippen molar-refractivity contribution in [3.8, 4) is 5.75 Å². The maximum absolute atomic E-state index is 13.0. The molecule has 1 atom stereocenters. The van der Waals surface area contributed by atoms with Gasteiger partial charge in [0.25, 0.3) is 5.91 Å². The molecule has 0 bridgehead atoms. The number of hydrogen-bond donors (Lipinski definition) is 0. The summed E-state index contributed by atoms with van der Waals surface area (Å²) in [6.45, 7) is 4.62. The second-order valence-corrected chi connectivity index (χ2v) is 6.25. The van der Waals surface area contributed by atoms with Gasteiger partial charge in [-0.05, 0) is 31.0 Å². The summed E-state index contributed by atoms with van der Waals surface area (Å²) < 4.78 is 6.00. The molecule has 0 saturated carbocycles. The summed E-state index contributed by atoms with van der Waals surface area (Å²) in [5.74, 6) is 0.662. The molecule has 1 unspecified atom stereocenters. The molecule has 1 aliphatic rings. The molecular weight excluding hydrogens is 314 g/mol. The molecular formula is C21H23NO3. The molecule has 130 valence electrons. The van der Waals surface area contributed by atoms with Crippen LogP contribution in [0.25, 0.3) is 0 Å². The van der Waals surface area contributed by atoms with E-state index in [2.05, 4.69) is 0 Å². The molecule has 0 spiro atoms. The Bertz CT molecular complexity index is 770. The van der Waals surface area contributed by atoms with Gasteiger partial charge in [-0.1, -0.05) is 44.2 Å². The lowest BCUT2D eigenvalue weighted by Crippen LogP contribution is -2.41. The van der Waals surface area contributed by atoms with Crippen molar-refractivity contribution >= 4 is 17.4 Å². The van der Waals surface area contributed by atoms with Crippen molar-refractivity contribution in [1.29, 1.82) is 0 Å². The van der Waals surface area contributed by atoms with Crippen LogP contribution in [0.4, 0.5) is 5.69 Å². The van der Waals surface area contributed by atoms with Gasteiger partial charge in [-0.15, -0.1) is 0 Å². The Labute approximate surface area is 148 Å². The third-order valence-corrected chi connectivity index (χ3v) is 4.33.